The van der Waals surface area contributed by atoms with Gasteiger partial charge in [-0.25, -0.2) is 0 Å². The van der Waals surface area contributed by atoms with Gasteiger partial charge in [-0.3, -0.25) is 9.59 Å². The first-order chi connectivity index (χ1) is 11.9. The molecule has 0 aliphatic heterocycles. The van der Waals surface area contributed by atoms with Crippen LogP contribution in [0.4, 0.5) is 0 Å². The number of aliphatic carboxylic acids is 1. The first-order valence-corrected chi connectivity index (χ1v) is 8.75. The topological polar surface area (TPSA) is 84.9 Å². The number of carbonyl (C=O) groups is 2. The molecule has 1 aromatic carbocycles. The predicted octanol–water partition coefficient (Wildman–Crippen LogP) is 3.10. The average molecular weight is 349 g/mol. The molecule has 1 aliphatic rings. The van der Waals surface area contributed by atoms with E-state index < -0.39 is 5.97 Å². The van der Waals surface area contributed by atoms with E-state index in [2.05, 4.69) is 19.2 Å². The molecule has 2 rings (SSSR count). The first-order valence-electron chi connectivity index (χ1n) is 8.75. The Morgan fingerprint density at radius 2 is 2.04 bits per heavy atom. The summed E-state index contributed by atoms with van der Waals surface area (Å²) in [5, 5.41) is 12.0. The number of ether oxygens (including phenoxy) is 2. The van der Waals surface area contributed by atoms with Gasteiger partial charge < -0.3 is 19.9 Å². The van der Waals surface area contributed by atoms with E-state index in [0.717, 1.165) is 6.42 Å². The Labute approximate surface area is 148 Å². The molecule has 25 heavy (non-hydrogen) atoms. The molecule has 0 bridgehead atoms. The molecule has 0 spiro atoms. The Kier molecular flexibility index (Phi) is 6.67. The van der Waals surface area contributed by atoms with Crippen LogP contribution in [0, 0.1) is 11.8 Å². The lowest BCUT2D eigenvalue weighted by molar-refractivity contribution is -0.141. The van der Waals surface area contributed by atoms with Crippen LogP contribution in [0.25, 0.3) is 0 Å². The summed E-state index contributed by atoms with van der Waals surface area (Å²) in [7, 11) is 1.54. The fourth-order valence-corrected chi connectivity index (χ4v) is 2.94. The lowest BCUT2D eigenvalue weighted by atomic mass is 10.1. The van der Waals surface area contributed by atoms with Crippen molar-refractivity contribution in [2.45, 2.75) is 45.6 Å². The Morgan fingerprint density at radius 1 is 1.28 bits per heavy atom. The van der Waals surface area contributed by atoms with E-state index in [9.17, 15) is 9.59 Å². The van der Waals surface area contributed by atoms with Gasteiger partial charge in [-0.2, -0.15) is 0 Å². The molecule has 2 atom stereocenters. The predicted molar refractivity (Wildman–Crippen MR) is 94.2 cm³/mol. The summed E-state index contributed by atoms with van der Waals surface area (Å²) in [6, 6.07) is 5.00. The van der Waals surface area contributed by atoms with Crippen LogP contribution in [-0.2, 0) is 4.79 Å². The molecule has 1 aliphatic carbocycles. The van der Waals surface area contributed by atoms with Crippen molar-refractivity contribution in [1.29, 1.82) is 0 Å². The zero-order valence-corrected chi connectivity index (χ0v) is 15.1. The highest BCUT2D eigenvalue weighted by Gasteiger charge is 2.30. The van der Waals surface area contributed by atoms with Crippen molar-refractivity contribution in [3.63, 3.8) is 0 Å². The molecular formula is C19H27NO5. The summed E-state index contributed by atoms with van der Waals surface area (Å²) >= 11 is 0. The molecule has 0 heterocycles. The number of rotatable bonds is 8. The highest BCUT2D eigenvalue weighted by atomic mass is 16.5. The summed E-state index contributed by atoms with van der Waals surface area (Å²) in [5.74, 6) is 0.316. The minimum atomic E-state index is -0.790. The highest BCUT2D eigenvalue weighted by molar-refractivity contribution is 5.95. The standard InChI is InChI=1S/C19H27NO5/c1-12(2)8-9-25-16-7-5-13(11-17(16)24-3)18(21)20-15-6-4-14(10-15)19(22)23/h5,7,11-12,14-15H,4,6,8-10H2,1-3H3,(H,20,21)(H,22,23)/t14-,15+/m0/s1. The van der Waals surface area contributed by atoms with Crippen LogP contribution in [0.5, 0.6) is 11.5 Å². The molecule has 6 heteroatoms. The van der Waals surface area contributed by atoms with Gasteiger partial charge in [0.15, 0.2) is 11.5 Å². The van der Waals surface area contributed by atoms with Crippen molar-refractivity contribution in [2.24, 2.45) is 11.8 Å². The van der Waals surface area contributed by atoms with Crippen molar-refractivity contribution in [3.8, 4) is 11.5 Å². The fraction of sp³-hybridized carbons (Fsp3) is 0.579. The van der Waals surface area contributed by atoms with E-state index in [1.54, 1.807) is 25.3 Å². The molecule has 2 N–H and O–H groups in total. The largest absolute Gasteiger partial charge is 0.493 e. The Bertz CT molecular complexity index is 614. The highest BCUT2D eigenvalue weighted by Crippen LogP contribution is 2.29. The molecule has 138 valence electrons. The van der Waals surface area contributed by atoms with Crippen LogP contribution in [0.1, 0.15) is 49.9 Å². The fourth-order valence-electron chi connectivity index (χ4n) is 2.94. The van der Waals surface area contributed by atoms with Gasteiger partial charge in [0.25, 0.3) is 5.91 Å². The quantitative estimate of drug-likeness (QED) is 0.753. The number of hydrogen-bond donors (Lipinski definition) is 2. The molecule has 1 amide bonds. The molecule has 0 aromatic heterocycles. The number of nitrogens with one attached hydrogen (secondary N) is 1. The summed E-state index contributed by atoms with van der Waals surface area (Å²) in [6.45, 7) is 4.86. The van der Waals surface area contributed by atoms with E-state index in [-0.39, 0.29) is 17.9 Å². The maximum absolute atomic E-state index is 12.4. The van der Waals surface area contributed by atoms with E-state index >= 15 is 0 Å². The van der Waals surface area contributed by atoms with Crippen molar-refractivity contribution in [3.05, 3.63) is 23.8 Å². The van der Waals surface area contributed by atoms with E-state index in [1.165, 1.54) is 0 Å². The molecule has 1 saturated carbocycles. The van der Waals surface area contributed by atoms with Gasteiger partial charge in [0.2, 0.25) is 0 Å². The van der Waals surface area contributed by atoms with Crippen LogP contribution >= 0.6 is 0 Å². The zero-order chi connectivity index (χ0) is 18.4. The third-order valence-corrected chi connectivity index (χ3v) is 4.50. The maximum Gasteiger partial charge on any atom is 0.306 e. The number of carboxylic acids is 1. The smallest absolute Gasteiger partial charge is 0.306 e. The number of methoxy groups -OCH3 is 1. The molecular weight excluding hydrogens is 322 g/mol. The van der Waals surface area contributed by atoms with E-state index in [1.807, 2.05) is 0 Å². The summed E-state index contributed by atoms with van der Waals surface area (Å²) in [5.41, 5.74) is 0.479. The summed E-state index contributed by atoms with van der Waals surface area (Å²) < 4.78 is 11.1. The van der Waals surface area contributed by atoms with Gasteiger partial charge in [-0.15, -0.1) is 0 Å². The third-order valence-electron chi connectivity index (χ3n) is 4.50. The van der Waals surface area contributed by atoms with Gasteiger partial charge in [0, 0.05) is 11.6 Å². The van der Waals surface area contributed by atoms with Crippen LogP contribution < -0.4 is 14.8 Å². The molecule has 0 radical (unpaired) electrons. The number of carbonyl (C=O) groups excluding carboxylic acids is 1. The molecule has 1 fully saturated rings. The SMILES string of the molecule is COc1cc(C(=O)N[C@@H]2CC[C@H](C(=O)O)C2)ccc1OCCC(C)C. The zero-order valence-electron chi connectivity index (χ0n) is 15.1. The van der Waals surface area contributed by atoms with Crippen molar-refractivity contribution in [2.75, 3.05) is 13.7 Å². The average Bonchev–Trinajstić information content (AvgIpc) is 3.03. The second-order valence-corrected chi connectivity index (χ2v) is 6.92. The van der Waals surface area contributed by atoms with Crippen molar-refractivity contribution < 1.29 is 24.2 Å². The number of carboxylic acid groups (broad SMARTS) is 1. The van der Waals surface area contributed by atoms with Crippen LogP contribution in [-0.4, -0.2) is 36.7 Å². The monoisotopic (exact) mass is 349 g/mol. The number of amides is 1. The minimum absolute atomic E-state index is 0.0958. The minimum Gasteiger partial charge on any atom is -0.493 e. The van der Waals surface area contributed by atoms with E-state index in [4.69, 9.17) is 14.6 Å². The van der Waals surface area contributed by atoms with Gasteiger partial charge in [0.1, 0.15) is 0 Å². The Morgan fingerprint density at radius 3 is 2.64 bits per heavy atom. The normalized spacial score (nSPS) is 19.7. The first kappa shape index (κ1) is 19.1. The molecule has 0 saturated heterocycles. The molecule has 1 aromatic rings. The van der Waals surface area contributed by atoms with Crippen molar-refractivity contribution >= 4 is 11.9 Å². The van der Waals surface area contributed by atoms with E-state index in [0.29, 0.717) is 48.8 Å². The Balaban J connectivity index is 1.97. The Hall–Kier alpha value is -2.24. The van der Waals surface area contributed by atoms with Gasteiger partial charge in [-0.1, -0.05) is 13.8 Å². The second kappa shape index (κ2) is 8.74. The van der Waals surface area contributed by atoms with Gasteiger partial charge in [-0.05, 0) is 49.8 Å². The van der Waals surface area contributed by atoms with Gasteiger partial charge in [0.05, 0.1) is 19.6 Å². The lowest BCUT2D eigenvalue weighted by Gasteiger charge is -2.15. The van der Waals surface area contributed by atoms with Crippen LogP contribution in [0.15, 0.2) is 18.2 Å². The summed E-state index contributed by atoms with van der Waals surface area (Å²) in [4.78, 5) is 23.4. The second-order valence-electron chi connectivity index (χ2n) is 6.92. The molecule has 0 unspecified atom stereocenters. The summed E-state index contributed by atoms with van der Waals surface area (Å²) in [6.07, 6.45) is 2.72. The molecule has 6 nitrogen and oxygen atoms in total. The third kappa shape index (κ3) is 5.37. The number of hydrogen-bond acceptors (Lipinski definition) is 4. The number of benzene rings is 1. The maximum atomic E-state index is 12.4. The van der Waals surface area contributed by atoms with Crippen molar-refractivity contribution in [1.82, 2.24) is 5.32 Å². The van der Waals surface area contributed by atoms with Crippen LogP contribution in [0.2, 0.25) is 0 Å². The lowest BCUT2D eigenvalue weighted by Crippen LogP contribution is -2.33. The van der Waals surface area contributed by atoms with Crippen LogP contribution in [0.3, 0.4) is 0 Å². The van der Waals surface area contributed by atoms with Gasteiger partial charge >= 0.3 is 5.97 Å².